The van der Waals surface area contributed by atoms with E-state index < -0.39 is 0 Å². The molecule has 0 aliphatic rings. The Kier molecular flexibility index (Phi) is 4.17. The summed E-state index contributed by atoms with van der Waals surface area (Å²) in [4.78, 5) is 6.65. The van der Waals surface area contributed by atoms with Gasteiger partial charge in [0, 0.05) is 25.1 Å². The zero-order chi connectivity index (χ0) is 15.4. The van der Waals surface area contributed by atoms with Crippen molar-refractivity contribution in [2.24, 2.45) is 0 Å². The molecule has 0 spiro atoms. The third kappa shape index (κ3) is 3.00. The summed E-state index contributed by atoms with van der Waals surface area (Å²) in [6.45, 7) is 1.41. The molecule has 0 saturated carbocycles. The van der Waals surface area contributed by atoms with Crippen molar-refractivity contribution in [3.8, 4) is 17.5 Å². The largest absolute Gasteiger partial charge is 0.444 e. The van der Waals surface area contributed by atoms with E-state index in [0.717, 1.165) is 23.2 Å². The molecule has 0 aliphatic heterocycles. The SMILES string of the molecule is CN(CCC#N)Cc1coc(-c2cccc3ccccc23)n1. The highest BCUT2D eigenvalue weighted by atomic mass is 16.3. The molecule has 2 aromatic carbocycles. The maximum atomic E-state index is 8.62. The van der Waals surface area contributed by atoms with Gasteiger partial charge in [-0.05, 0) is 23.9 Å². The smallest absolute Gasteiger partial charge is 0.226 e. The topological polar surface area (TPSA) is 53.1 Å². The number of fused-ring (bicyclic) bond motifs is 1. The first-order valence-corrected chi connectivity index (χ1v) is 7.26. The first kappa shape index (κ1) is 14.3. The molecule has 4 nitrogen and oxygen atoms in total. The maximum Gasteiger partial charge on any atom is 0.226 e. The van der Waals surface area contributed by atoms with Crippen LogP contribution in [0.2, 0.25) is 0 Å². The summed E-state index contributed by atoms with van der Waals surface area (Å²) in [5.74, 6) is 0.639. The fourth-order valence-corrected chi connectivity index (χ4v) is 2.51. The predicted octanol–water partition coefficient (Wildman–Crippen LogP) is 3.84. The Morgan fingerprint density at radius 1 is 1.18 bits per heavy atom. The summed E-state index contributed by atoms with van der Waals surface area (Å²) in [7, 11) is 1.98. The van der Waals surface area contributed by atoms with E-state index in [1.807, 2.05) is 31.3 Å². The lowest BCUT2D eigenvalue weighted by Crippen LogP contribution is -2.18. The molecule has 3 aromatic rings. The van der Waals surface area contributed by atoms with Gasteiger partial charge in [0.15, 0.2) is 0 Å². The summed E-state index contributed by atoms with van der Waals surface area (Å²) >= 11 is 0. The number of aromatic nitrogens is 1. The zero-order valence-electron chi connectivity index (χ0n) is 12.5. The predicted molar refractivity (Wildman–Crippen MR) is 86.0 cm³/mol. The number of nitrogens with zero attached hydrogens (tertiary/aromatic N) is 3. The molecule has 110 valence electrons. The van der Waals surface area contributed by atoms with Crippen LogP contribution in [0, 0.1) is 11.3 Å². The Labute approximate surface area is 129 Å². The molecule has 0 N–H and O–H groups in total. The minimum absolute atomic E-state index is 0.518. The fourth-order valence-electron chi connectivity index (χ4n) is 2.51. The summed E-state index contributed by atoms with van der Waals surface area (Å²) in [6.07, 6.45) is 2.21. The summed E-state index contributed by atoms with van der Waals surface area (Å²) in [5.41, 5.74) is 1.88. The van der Waals surface area contributed by atoms with Crippen LogP contribution in [0.15, 0.2) is 53.1 Å². The number of nitriles is 1. The maximum absolute atomic E-state index is 8.62. The number of hydrogen-bond acceptors (Lipinski definition) is 4. The molecular formula is C18H17N3O. The molecular weight excluding hydrogens is 274 g/mol. The van der Waals surface area contributed by atoms with E-state index in [4.69, 9.17) is 9.68 Å². The van der Waals surface area contributed by atoms with E-state index in [-0.39, 0.29) is 0 Å². The summed E-state index contributed by atoms with van der Waals surface area (Å²) in [5, 5.41) is 10.9. The van der Waals surface area contributed by atoms with Gasteiger partial charge in [-0.25, -0.2) is 4.98 Å². The minimum atomic E-state index is 0.518. The average Bonchev–Trinajstić information content (AvgIpc) is 3.00. The third-order valence-corrected chi connectivity index (χ3v) is 3.61. The van der Waals surface area contributed by atoms with Crippen LogP contribution in [0.25, 0.3) is 22.2 Å². The Bertz CT molecular complexity index is 811. The van der Waals surface area contributed by atoms with Crippen LogP contribution in [-0.2, 0) is 6.54 Å². The van der Waals surface area contributed by atoms with Crippen molar-refractivity contribution < 1.29 is 4.42 Å². The van der Waals surface area contributed by atoms with Crippen LogP contribution < -0.4 is 0 Å². The molecule has 0 unspecified atom stereocenters. The van der Waals surface area contributed by atoms with E-state index in [2.05, 4.69) is 34.2 Å². The third-order valence-electron chi connectivity index (χ3n) is 3.61. The monoisotopic (exact) mass is 291 g/mol. The van der Waals surface area contributed by atoms with Gasteiger partial charge in [-0.15, -0.1) is 0 Å². The standard InChI is InChI=1S/C18H17N3O/c1-21(11-5-10-19)12-15-13-22-18(20-15)17-9-4-7-14-6-2-3-8-16(14)17/h2-4,6-9,13H,5,11-12H2,1H3. The Morgan fingerprint density at radius 2 is 2.00 bits per heavy atom. The molecule has 0 aliphatic carbocycles. The first-order chi connectivity index (χ1) is 10.8. The molecule has 3 rings (SSSR count). The van der Waals surface area contributed by atoms with E-state index in [0.29, 0.717) is 18.9 Å². The molecule has 0 amide bonds. The van der Waals surface area contributed by atoms with Gasteiger partial charge in [-0.1, -0.05) is 36.4 Å². The minimum Gasteiger partial charge on any atom is -0.444 e. The van der Waals surface area contributed by atoms with Gasteiger partial charge in [-0.2, -0.15) is 5.26 Å². The first-order valence-electron chi connectivity index (χ1n) is 7.26. The molecule has 4 heteroatoms. The molecule has 1 aromatic heterocycles. The van der Waals surface area contributed by atoms with Crippen LogP contribution in [-0.4, -0.2) is 23.5 Å². The van der Waals surface area contributed by atoms with Gasteiger partial charge in [0.2, 0.25) is 5.89 Å². The van der Waals surface area contributed by atoms with Crippen molar-refractivity contribution in [3.05, 3.63) is 54.4 Å². The Balaban J connectivity index is 1.85. The molecule has 0 atom stereocenters. The van der Waals surface area contributed by atoms with Crippen molar-refractivity contribution >= 4 is 10.8 Å². The highest BCUT2D eigenvalue weighted by molar-refractivity contribution is 5.94. The van der Waals surface area contributed by atoms with Crippen LogP contribution in [0.3, 0.4) is 0 Å². The second-order valence-electron chi connectivity index (χ2n) is 5.32. The second-order valence-corrected chi connectivity index (χ2v) is 5.32. The summed E-state index contributed by atoms with van der Waals surface area (Å²) in [6, 6.07) is 16.5. The quantitative estimate of drug-likeness (QED) is 0.716. The number of oxazole rings is 1. The Hall–Kier alpha value is -2.64. The lowest BCUT2D eigenvalue weighted by Gasteiger charge is -2.11. The number of hydrogen-bond donors (Lipinski definition) is 0. The normalized spacial score (nSPS) is 11.0. The van der Waals surface area contributed by atoms with Crippen LogP contribution in [0.1, 0.15) is 12.1 Å². The van der Waals surface area contributed by atoms with Gasteiger partial charge in [0.1, 0.15) is 6.26 Å². The van der Waals surface area contributed by atoms with E-state index in [1.54, 1.807) is 6.26 Å². The van der Waals surface area contributed by atoms with E-state index >= 15 is 0 Å². The zero-order valence-corrected chi connectivity index (χ0v) is 12.5. The van der Waals surface area contributed by atoms with Crippen molar-refractivity contribution in [2.45, 2.75) is 13.0 Å². The van der Waals surface area contributed by atoms with Gasteiger partial charge < -0.3 is 4.42 Å². The summed E-state index contributed by atoms with van der Waals surface area (Å²) < 4.78 is 5.66. The van der Waals surface area contributed by atoms with Crippen molar-refractivity contribution in [2.75, 3.05) is 13.6 Å². The number of benzene rings is 2. The molecule has 1 heterocycles. The Morgan fingerprint density at radius 3 is 2.86 bits per heavy atom. The average molecular weight is 291 g/mol. The molecule has 0 bridgehead atoms. The van der Waals surface area contributed by atoms with Crippen molar-refractivity contribution in [1.82, 2.24) is 9.88 Å². The van der Waals surface area contributed by atoms with Crippen molar-refractivity contribution in [1.29, 1.82) is 5.26 Å². The molecule has 0 saturated heterocycles. The van der Waals surface area contributed by atoms with Crippen LogP contribution in [0.5, 0.6) is 0 Å². The molecule has 0 radical (unpaired) electrons. The lowest BCUT2D eigenvalue weighted by atomic mass is 10.0. The van der Waals surface area contributed by atoms with Gasteiger partial charge >= 0.3 is 0 Å². The second kappa shape index (κ2) is 6.42. The van der Waals surface area contributed by atoms with Crippen molar-refractivity contribution in [3.63, 3.8) is 0 Å². The van der Waals surface area contributed by atoms with E-state index in [9.17, 15) is 0 Å². The van der Waals surface area contributed by atoms with E-state index in [1.165, 1.54) is 5.39 Å². The molecule has 22 heavy (non-hydrogen) atoms. The molecule has 0 fully saturated rings. The fraction of sp³-hybridized carbons (Fsp3) is 0.222. The highest BCUT2D eigenvalue weighted by Crippen LogP contribution is 2.28. The van der Waals surface area contributed by atoms with Gasteiger partial charge in [0.05, 0.1) is 11.8 Å². The van der Waals surface area contributed by atoms with Crippen LogP contribution >= 0.6 is 0 Å². The van der Waals surface area contributed by atoms with Gasteiger partial charge in [-0.3, -0.25) is 4.90 Å². The number of rotatable bonds is 5. The van der Waals surface area contributed by atoms with Crippen LogP contribution in [0.4, 0.5) is 0 Å². The van der Waals surface area contributed by atoms with Gasteiger partial charge in [0.25, 0.3) is 0 Å². The highest BCUT2D eigenvalue weighted by Gasteiger charge is 2.11. The lowest BCUT2D eigenvalue weighted by molar-refractivity contribution is 0.330.